The van der Waals surface area contributed by atoms with Gasteiger partial charge >= 0.3 is 0 Å². The van der Waals surface area contributed by atoms with E-state index in [0.717, 1.165) is 17.9 Å². The van der Waals surface area contributed by atoms with Crippen LogP contribution in [0.15, 0.2) is 48.5 Å². The van der Waals surface area contributed by atoms with Crippen LogP contribution in [0.25, 0.3) is 0 Å². The highest BCUT2D eigenvalue weighted by Crippen LogP contribution is 2.20. The first-order valence-corrected chi connectivity index (χ1v) is 8.04. The van der Waals surface area contributed by atoms with Crippen LogP contribution in [0.5, 0.6) is 0 Å². The summed E-state index contributed by atoms with van der Waals surface area (Å²) < 4.78 is 0. The van der Waals surface area contributed by atoms with Crippen molar-refractivity contribution in [1.29, 1.82) is 0 Å². The molecule has 21 heavy (non-hydrogen) atoms. The molecule has 0 aliphatic heterocycles. The Hall–Kier alpha value is -1.31. The van der Waals surface area contributed by atoms with E-state index in [0.29, 0.717) is 12.1 Å². The molecule has 0 amide bonds. The molecule has 2 rings (SSSR count). The van der Waals surface area contributed by atoms with Gasteiger partial charge in [0, 0.05) is 17.1 Å². The molecule has 2 atom stereocenters. The second-order valence-electron chi connectivity index (χ2n) is 5.71. The molecule has 2 unspecified atom stereocenters. The van der Waals surface area contributed by atoms with Crippen LogP contribution in [0.1, 0.15) is 43.0 Å². The molecule has 0 radical (unpaired) electrons. The van der Waals surface area contributed by atoms with E-state index in [4.69, 9.17) is 11.6 Å². The molecule has 0 saturated carbocycles. The average molecular weight is 302 g/mol. The molecule has 0 aliphatic rings. The molecule has 0 fully saturated rings. The molecule has 1 nitrogen and oxygen atoms in total. The summed E-state index contributed by atoms with van der Waals surface area (Å²) in [5.74, 6) is 0. The topological polar surface area (TPSA) is 12.0 Å². The summed E-state index contributed by atoms with van der Waals surface area (Å²) >= 11 is 5.97. The SMILES string of the molecule is CCC(NC(C)Cc1ccccc1C)c1ccc(Cl)cc1. The van der Waals surface area contributed by atoms with E-state index in [1.54, 1.807) is 0 Å². The Labute approximate surface area is 133 Å². The van der Waals surface area contributed by atoms with Gasteiger partial charge in [0.15, 0.2) is 0 Å². The predicted molar refractivity (Wildman–Crippen MR) is 92.0 cm³/mol. The number of rotatable bonds is 6. The van der Waals surface area contributed by atoms with E-state index >= 15 is 0 Å². The van der Waals surface area contributed by atoms with Crippen LogP contribution >= 0.6 is 11.6 Å². The zero-order valence-electron chi connectivity index (χ0n) is 13.1. The summed E-state index contributed by atoms with van der Waals surface area (Å²) in [4.78, 5) is 0. The summed E-state index contributed by atoms with van der Waals surface area (Å²) in [6.45, 7) is 6.65. The van der Waals surface area contributed by atoms with Crippen LogP contribution in [0, 0.1) is 6.92 Å². The quantitative estimate of drug-likeness (QED) is 0.761. The van der Waals surface area contributed by atoms with Crippen LogP contribution in [0.3, 0.4) is 0 Å². The zero-order chi connectivity index (χ0) is 15.2. The van der Waals surface area contributed by atoms with Crippen molar-refractivity contribution in [1.82, 2.24) is 5.32 Å². The third-order valence-corrected chi connectivity index (χ3v) is 4.21. The molecule has 2 aromatic carbocycles. The van der Waals surface area contributed by atoms with Gasteiger partial charge in [0.1, 0.15) is 0 Å². The molecule has 0 spiro atoms. The molecule has 0 heterocycles. The minimum Gasteiger partial charge on any atom is -0.307 e. The van der Waals surface area contributed by atoms with Crippen molar-refractivity contribution in [3.63, 3.8) is 0 Å². The Bertz CT molecular complexity index is 562. The summed E-state index contributed by atoms with van der Waals surface area (Å²) in [5, 5.41) is 4.53. The Kier molecular flexibility index (Phi) is 5.84. The number of benzene rings is 2. The minimum atomic E-state index is 0.376. The van der Waals surface area contributed by atoms with Gasteiger partial charge < -0.3 is 5.32 Å². The summed E-state index contributed by atoms with van der Waals surface area (Å²) in [7, 11) is 0. The minimum absolute atomic E-state index is 0.376. The van der Waals surface area contributed by atoms with Crippen molar-refractivity contribution in [2.24, 2.45) is 0 Å². The van der Waals surface area contributed by atoms with Crippen LogP contribution in [0.2, 0.25) is 5.02 Å². The van der Waals surface area contributed by atoms with Crippen molar-refractivity contribution in [3.8, 4) is 0 Å². The number of halogens is 1. The highest BCUT2D eigenvalue weighted by Gasteiger charge is 2.13. The van der Waals surface area contributed by atoms with Crippen molar-refractivity contribution >= 4 is 11.6 Å². The molecular weight excluding hydrogens is 278 g/mol. The first-order chi connectivity index (χ1) is 10.1. The molecule has 0 bridgehead atoms. The Morgan fingerprint density at radius 1 is 1.05 bits per heavy atom. The van der Waals surface area contributed by atoms with Crippen LogP contribution in [-0.4, -0.2) is 6.04 Å². The lowest BCUT2D eigenvalue weighted by atomic mass is 9.99. The average Bonchev–Trinajstić information content (AvgIpc) is 2.48. The molecule has 2 heteroatoms. The maximum absolute atomic E-state index is 5.97. The Balaban J connectivity index is 2.01. The lowest BCUT2D eigenvalue weighted by Crippen LogP contribution is -2.32. The smallest absolute Gasteiger partial charge is 0.0406 e. The first kappa shape index (κ1) is 16.1. The van der Waals surface area contributed by atoms with Gasteiger partial charge in [-0.3, -0.25) is 0 Å². The van der Waals surface area contributed by atoms with Gasteiger partial charge in [-0.05, 0) is 55.5 Å². The maximum atomic E-state index is 5.97. The predicted octanol–water partition coefficient (Wildman–Crippen LogP) is 5.32. The van der Waals surface area contributed by atoms with E-state index < -0.39 is 0 Å². The second-order valence-corrected chi connectivity index (χ2v) is 6.15. The van der Waals surface area contributed by atoms with Crippen LogP contribution < -0.4 is 5.32 Å². The van der Waals surface area contributed by atoms with Gasteiger partial charge in [-0.1, -0.05) is 54.9 Å². The van der Waals surface area contributed by atoms with Gasteiger partial charge in [-0.2, -0.15) is 0 Å². The lowest BCUT2D eigenvalue weighted by molar-refractivity contribution is 0.443. The monoisotopic (exact) mass is 301 g/mol. The molecule has 0 aliphatic carbocycles. The van der Waals surface area contributed by atoms with E-state index in [2.05, 4.69) is 62.5 Å². The number of aryl methyl sites for hydroxylation is 1. The summed E-state index contributed by atoms with van der Waals surface area (Å²) in [6.07, 6.45) is 2.12. The van der Waals surface area contributed by atoms with Gasteiger partial charge in [0.25, 0.3) is 0 Å². The Morgan fingerprint density at radius 3 is 2.33 bits per heavy atom. The molecule has 1 N–H and O–H groups in total. The third-order valence-electron chi connectivity index (χ3n) is 3.95. The van der Waals surface area contributed by atoms with E-state index in [9.17, 15) is 0 Å². The number of hydrogen-bond acceptors (Lipinski definition) is 1. The maximum Gasteiger partial charge on any atom is 0.0406 e. The van der Waals surface area contributed by atoms with E-state index in [-0.39, 0.29) is 0 Å². The van der Waals surface area contributed by atoms with Gasteiger partial charge in [-0.15, -0.1) is 0 Å². The Morgan fingerprint density at radius 2 is 1.71 bits per heavy atom. The zero-order valence-corrected chi connectivity index (χ0v) is 13.8. The van der Waals surface area contributed by atoms with Gasteiger partial charge in [-0.25, -0.2) is 0 Å². The van der Waals surface area contributed by atoms with Crippen molar-refractivity contribution < 1.29 is 0 Å². The van der Waals surface area contributed by atoms with Crippen LogP contribution in [-0.2, 0) is 6.42 Å². The van der Waals surface area contributed by atoms with E-state index in [1.807, 2.05) is 12.1 Å². The summed E-state index contributed by atoms with van der Waals surface area (Å²) in [5.41, 5.74) is 4.09. The normalized spacial score (nSPS) is 13.9. The number of nitrogens with one attached hydrogen (secondary N) is 1. The fourth-order valence-corrected chi connectivity index (χ4v) is 2.84. The highest BCUT2D eigenvalue weighted by atomic mass is 35.5. The van der Waals surface area contributed by atoms with Crippen molar-refractivity contribution in [2.45, 2.75) is 45.7 Å². The highest BCUT2D eigenvalue weighted by molar-refractivity contribution is 6.30. The molecular formula is C19H24ClN. The van der Waals surface area contributed by atoms with Gasteiger partial charge in [0.2, 0.25) is 0 Å². The third kappa shape index (κ3) is 4.59. The first-order valence-electron chi connectivity index (χ1n) is 7.66. The molecule has 0 aromatic heterocycles. The number of hydrogen-bond donors (Lipinski definition) is 1. The van der Waals surface area contributed by atoms with Crippen molar-refractivity contribution in [3.05, 3.63) is 70.2 Å². The molecule has 112 valence electrons. The summed E-state index contributed by atoms with van der Waals surface area (Å²) in [6, 6.07) is 17.6. The van der Waals surface area contributed by atoms with E-state index in [1.165, 1.54) is 16.7 Å². The van der Waals surface area contributed by atoms with Gasteiger partial charge in [0.05, 0.1) is 0 Å². The fourth-order valence-electron chi connectivity index (χ4n) is 2.72. The van der Waals surface area contributed by atoms with Crippen molar-refractivity contribution in [2.75, 3.05) is 0 Å². The lowest BCUT2D eigenvalue weighted by Gasteiger charge is -2.23. The second kappa shape index (κ2) is 7.63. The fraction of sp³-hybridized carbons (Fsp3) is 0.368. The molecule has 0 saturated heterocycles. The van der Waals surface area contributed by atoms with Crippen LogP contribution in [0.4, 0.5) is 0 Å². The largest absolute Gasteiger partial charge is 0.307 e. The standard InChI is InChI=1S/C19H24ClN/c1-4-19(16-9-11-18(20)12-10-16)21-15(3)13-17-8-6-5-7-14(17)2/h5-12,15,19,21H,4,13H2,1-3H3. The molecule has 2 aromatic rings.